The molecule has 0 rings (SSSR count). The molecule has 0 spiro atoms. The summed E-state index contributed by atoms with van der Waals surface area (Å²) in [6.45, 7) is 5.86. The summed E-state index contributed by atoms with van der Waals surface area (Å²) in [6, 6.07) is 0. The summed E-state index contributed by atoms with van der Waals surface area (Å²) in [6.07, 6.45) is 1.89. The van der Waals surface area contributed by atoms with Crippen LogP contribution in [0.1, 0.15) is 33.6 Å². The topological polar surface area (TPSA) is 0 Å². The van der Waals surface area contributed by atoms with Gasteiger partial charge in [0.1, 0.15) is 0 Å². The molecule has 0 saturated carbocycles. The van der Waals surface area contributed by atoms with Gasteiger partial charge >= 0.3 is 0 Å². The minimum atomic E-state index is -0.181. The lowest BCUT2D eigenvalue weighted by atomic mass is 9.87. The second-order valence-electron chi connectivity index (χ2n) is 2.65. The predicted molar refractivity (Wildman–Crippen MR) is 34.7 cm³/mol. The molecule has 0 bridgehead atoms. The van der Waals surface area contributed by atoms with Gasteiger partial charge in [0.2, 0.25) is 0 Å². The van der Waals surface area contributed by atoms with Crippen molar-refractivity contribution in [2.45, 2.75) is 33.6 Å². The van der Waals surface area contributed by atoms with Gasteiger partial charge in [-0.3, -0.25) is 4.39 Å². The summed E-state index contributed by atoms with van der Waals surface area (Å²) in [7, 11) is 0. The minimum absolute atomic E-state index is 0.0417. The molecule has 0 saturated heterocycles. The molecule has 1 heteroatoms. The average molecular weight is 118 g/mol. The van der Waals surface area contributed by atoms with Gasteiger partial charge in [0.05, 0.1) is 6.67 Å². The third-order valence-electron chi connectivity index (χ3n) is 2.03. The van der Waals surface area contributed by atoms with E-state index >= 15 is 0 Å². The monoisotopic (exact) mass is 118 g/mol. The highest BCUT2D eigenvalue weighted by molar-refractivity contribution is 4.68. The van der Waals surface area contributed by atoms with Gasteiger partial charge in [-0.2, -0.15) is 0 Å². The van der Waals surface area contributed by atoms with Gasteiger partial charge in [0, 0.05) is 0 Å². The molecule has 0 aliphatic carbocycles. The molecule has 0 aliphatic rings. The van der Waals surface area contributed by atoms with Crippen molar-refractivity contribution in [2.75, 3.05) is 6.67 Å². The predicted octanol–water partition coefficient (Wildman–Crippen LogP) is 2.78. The Morgan fingerprint density at radius 3 is 1.62 bits per heavy atom. The Balaban J connectivity index is 3.58. The van der Waals surface area contributed by atoms with E-state index in [1.807, 2.05) is 20.8 Å². The van der Waals surface area contributed by atoms with Crippen LogP contribution in [0.25, 0.3) is 0 Å². The van der Waals surface area contributed by atoms with Gasteiger partial charge in [0.15, 0.2) is 0 Å². The number of alkyl halides is 1. The van der Waals surface area contributed by atoms with Crippen molar-refractivity contribution in [3.63, 3.8) is 0 Å². The molecule has 0 fully saturated rings. The van der Waals surface area contributed by atoms with E-state index in [4.69, 9.17) is 0 Å². The Bertz CT molecular complexity index is 47.1. The number of hydrogen-bond donors (Lipinski definition) is 0. The summed E-state index contributed by atoms with van der Waals surface area (Å²) < 4.78 is 12.0. The van der Waals surface area contributed by atoms with Crippen molar-refractivity contribution in [2.24, 2.45) is 5.41 Å². The van der Waals surface area contributed by atoms with Gasteiger partial charge in [-0.15, -0.1) is 0 Å². The average Bonchev–Trinajstić information content (AvgIpc) is 1.87. The van der Waals surface area contributed by atoms with Crippen LogP contribution in [0.15, 0.2) is 0 Å². The molecule has 0 aromatic rings. The zero-order valence-corrected chi connectivity index (χ0v) is 6.00. The van der Waals surface area contributed by atoms with Crippen molar-refractivity contribution < 1.29 is 4.39 Å². The lowest BCUT2D eigenvalue weighted by Crippen LogP contribution is -2.15. The van der Waals surface area contributed by atoms with Crippen LogP contribution < -0.4 is 0 Å². The molecule has 0 aromatic carbocycles. The highest BCUT2D eigenvalue weighted by atomic mass is 19.1. The fourth-order valence-corrected chi connectivity index (χ4v) is 0.439. The van der Waals surface area contributed by atoms with E-state index in [1.165, 1.54) is 0 Å². The normalized spacial score (nSPS) is 12.0. The summed E-state index contributed by atoms with van der Waals surface area (Å²) in [5.74, 6) is 0. The van der Waals surface area contributed by atoms with Crippen molar-refractivity contribution in [1.29, 1.82) is 0 Å². The SMILES string of the molecule is CCC(C)(CC)CF. The molecule has 0 amide bonds. The zero-order chi connectivity index (χ0) is 6.62. The van der Waals surface area contributed by atoms with Crippen LogP contribution in [0.5, 0.6) is 0 Å². The fourth-order valence-electron chi connectivity index (χ4n) is 0.439. The van der Waals surface area contributed by atoms with Crippen LogP contribution in [0.2, 0.25) is 0 Å². The van der Waals surface area contributed by atoms with E-state index < -0.39 is 0 Å². The smallest absolute Gasteiger partial charge is 0.0947 e. The van der Waals surface area contributed by atoms with E-state index in [0.29, 0.717) is 0 Å². The molecule has 0 N–H and O–H groups in total. The summed E-state index contributed by atoms with van der Waals surface area (Å²) >= 11 is 0. The van der Waals surface area contributed by atoms with Gasteiger partial charge in [-0.05, 0) is 18.3 Å². The Morgan fingerprint density at radius 2 is 1.62 bits per heavy atom. The summed E-state index contributed by atoms with van der Waals surface area (Å²) in [4.78, 5) is 0. The van der Waals surface area contributed by atoms with E-state index in [1.54, 1.807) is 0 Å². The van der Waals surface area contributed by atoms with Crippen LogP contribution >= 0.6 is 0 Å². The van der Waals surface area contributed by atoms with E-state index in [2.05, 4.69) is 0 Å². The molecule has 8 heavy (non-hydrogen) atoms. The largest absolute Gasteiger partial charge is 0.251 e. The molecule has 0 unspecified atom stereocenters. The van der Waals surface area contributed by atoms with Gasteiger partial charge in [0.25, 0.3) is 0 Å². The number of halogens is 1. The van der Waals surface area contributed by atoms with Crippen molar-refractivity contribution >= 4 is 0 Å². The van der Waals surface area contributed by atoms with Crippen LogP contribution in [0.4, 0.5) is 4.39 Å². The maximum absolute atomic E-state index is 12.0. The molecular formula is C7H15F. The van der Waals surface area contributed by atoms with Crippen LogP contribution in [0.3, 0.4) is 0 Å². The lowest BCUT2D eigenvalue weighted by Gasteiger charge is -2.21. The third-order valence-corrected chi connectivity index (χ3v) is 2.03. The van der Waals surface area contributed by atoms with Crippen LogP contribution in [0, 0.1) is 5.41 Å². The van der Waals surface area contributed by atoms with E-state index in [0.717, 1.165) is 12.8 Å². The van der Waals surface area contributed by atoms with Gasteiger partial charge in [-0.25, -0.2) is 0 Å². The van der Waals surface area contributed by atoms with Gasteiger partial charge in [-0.1, -0.05) is 20.8 Å². The standard InChI is InChI=1S/C7H15F/c1-4-7(3,5-2)6-8/h4-6H2,1-3H3. The van der Waals surface area contributed by atoms with Crippen LogP contribution in [-0.4, -0.2) is 6.67 Å². The first-order valence-corrected chi connectivity index (χ1v) is 3.24. The molecule has 0 radical (unpaired) electrons. The van der Waals surface area contributed by atoms with Gasteiger partial charge < -0.3 is 0 Å². The summed E-state index contributed by atoms with van der Waals surface area (Å²) in [5, 5.41) is 0. The maximum Gasteiger partial charge on any atom is 0.0947 e. The lowest BCUT2D eigenvalue weighted by molar-refractivity contribution is 0.214. The van der Waals surface area contributed by atoms with Crippen LogP contribution in [-0.2, 0) is 0 Å². The Kier molecular flexibility index (Phi) is 3.03. The van der Waals surface area contributed by atoms with Crippen molar-refractivity contribution in [3.05, 3.63) is 0 Å². The zero-order valence-electron chi connectivity index (χ0n) is 6.00. The molecule has 0 aliphatic heterocycles. The Hall–Kier alpha value is -0.0700. The quantitative estimate of drug-likeness (QED) is 0.534. The highest BCUT2D eigenvalue weighted by Crippen LogP contribution is 2.24. The fraction of sp³-hybridized carbons (Fsp3) is 1.00. The highest BCUT2D eigenvalue weighted by Gasteiger charge is 2.18. The Labute approximate surface area is 51.1 Å². The molecule has 0 atom stereocenters. The third kappa shape index (κ3) is 1.81. The number of rotatable bonds is 3. The van der Waals surface area contributed by atoms with E-state index in [-0.39, 0.29) is 12.1 Å². The van der Waals surface area contributed by atoms with E-state index in [9.17, 15) is 4.39 Å². The molecule has 0 nitrogen and oxygen atoms in total. The first-order valence-electron chi connectivity index (χ1n) is 3.24. The van der Waals surface area contributed by atoms with Crippen molar-refractivity contribution in [3.8, 4) is 0 Å². The molecule has 0 heterocycles. The number of hydrogen-bond acceptors (Lipinski definition) is 0. The molecular weight excluding hydrogens is 103 g/mol. The first kappa shape index (κ1) is 7.93. The maximum atomic E-state index is 12.0. The first-order chi connectivity index (χ1) is 3.68. The molecule has 0 aromatic heterocycles. The second kappa shape index (κ2) is 3.06. The van der Waals surface area contributed by atoms with Crippen molar-refractivity contribution in [1.82, 2.24) is 0 Å². The minimum Gasteiger partial charge on any atom is -0.251 e. The Morgan fingerprint density at radius 1 is 1.25 bits per heavy atom. The molecule has 50 valence electrons. The summed E-state index contributed by atoms with van der Waals surface area (Å²) in [5.41, 5.74) is -0.0417. The second-order valence-corrected chi connectivity index (χ2v) is 2.65.